The van der Waals surface area contributed by atoms with Crippen LogP contribution in [0.1, 0.15) is 25.7 Å². The van der Waals surface area contributed by atoms with Crippen molar-refractivity contribution in [2.75, 3.05) is 26.6 Å². The Bertz CT molecular complexity index is 971. The number of imidazole rings is 1. The van der Waals surface area contributed by atoms with Gasteiger partial charge in [0.2, 0.25) is 5.75 Å². The van der Waals surface area contributed by atoms with Crippen LogP contribution in [-0.4, -0.2) is 53.0 Å². The van der Waals surface area contributed by atoms with Gasteiger partial charge in [0.15, 0.2) is 23.0 Å². The summed E-state index contributed by atoms with van der Waals surface area (Å²) in [6.45, 7) is 0. The Kier molecular flexibility index (Phi) is 5.44. The van der Waals surface area contributed by atoms with E-state index in [1.807, 2.05) is 28.9 Å². The molecule has 2 N–H and O–H groups in total. The van der Waals surface area contributed by atoms with Crippen LogP contribution < -0.4 is 19.5 Å². The average molecular weight is 398 g/mol. The molecule has 0 radical (unpaired) electrons. The monoisotopic (exact) mass is 398 g/mol. The molecule has 3 aromatic rings. The molecule has 2 aromatic heterocycles. The van der Waals surface area contributed by atoms with Crippen LogP contribution in [0.25, 0.3) is 16.9 Å². The zero-order chi connectivity index (χ0) is 20.4. The second kappa shape index (κ2) is 8.16. The molecular formula is C21H26N4O4. The maximum absolute atomic E-state index is 9.73. The minimum absolute atomic E-state index is 0.185. The molecule has 1 aliphatic rings. The van der Waals surface area contributed by atoms with Crippen LogP contribution in [0.5, 0.6) is 17.2 Å². The molecule has 2 heterocycles. The quantitative estimate of drug-likeness (QED) is 0.659. The van der Waals surface area contributed by atoms with Crippen LogP contribution >= 0.6 is 0 Å². The van der Waals surface area contributed by atoms with Gasteiger partial charge in [-0.25, -0.2) is 9.97 Å². The number of ether oxygens (including phenoxy) is 3. The van der Waals surface area contributed by atoms with Crippen molar-refractivity contribution in [3.63, 3.8) is 0 Å². The Balaban J connectivity index is 1.71. The molecule has 8 nitrogen and oxygen atoms in total. The van der Waals surface area contributed by atoms with Gasteiger partial charge in [-0.3, -0.25) is 4.40 Å². The second-order valence-corrected chi connectivity index (χ2v) is 7.18. The first-order valence-corrected chi connectivity index (χ1v) is 9.71. The summed E-state index contributed by atoms with van der Waals surface area (Å²) < 4.78 is 18.4. The van der Waals surface area contributed by atoms with Gasteiger partial charge in [-0.2, -0.15) is 0 Å². The molecule has 1 fully saturated rings. The molecule has 0 atom stereocenters. The smallest absolute Gasteiger partial charge is 0.203 e. The van der Waals surface area contributed by atoms with Crippen LogP contribution in [0, 0.1) is 0 Å². The summed E-state index contributed by atoms with van der Waals surface area (Å²) in [4.78, 5) is 9.10. The Labute approximate surface area is 169 Å². The minimum atomic E-state index is -0.185. The molecular weight excluding hydrogens is 372 g/mol. The Morgan fingerprint density at radius 1 is 1.00 bits per heavy atom. The number of fused-ring (bicyclic) bond motifs is 1. The summed E-state index contributed by atoms with van der Waals surface area (Å²) >= 11 is 0. The first-order chi connectivity index (χ1) is 14.1. The van der Waals surface area contributed by atoms with Gasteiger partial charge in [0, 0.05) is 24.0 Å². The van der Waals surface area contributed by atoms with Crippen molar-refractivity contribution in [2.24, 2.45) is 0 Å². The second-order valence-electron chi connectivity index (χ2n) is 7.18. The number of aliphatic hydroxyl groups excluding tert-OH is 1. The lowest BCUT2D eigenvalue weighted by molar-refractivity contribution is 0.126. The van der Waals surface area contributed by atoms with Crippen molar-refractivity contribution < 1.29 is 19.3 Å². The van der Waals surface area contributed by atoms with E-state index in [-0.39, 0.29) is 6.10 Å². The van der Waals surface area contributed by atoms with Crippen molar-refractivity contribution in [2.45, 2.75) is 37.8 Å². The predicted octanol–water partition coefficient (Wildman–Crippen LogP) is 3.14. The highest BCUT2D eigenvalue weighted by molar-refractivity contribution is 5.74. The van der Waals surface area contributed by atoms with Gasteiger partial charge in [0.05, 0.1) is 39.3 Å². The number of hydrogen-bond acceptors (Lipinski definition) is 7. The number of nitrogens with one attached hydrogen (secondary N) is 1. The number of benzene rings is 1. The van der Waals surface area contributed by atoms with E-state index in [4.69, 9.17) is 14.2 Å². The lowest BCUT2D eigenvalue weighted by Crippen LogP contribution is -2.28. The van der Waals surface area contributed by atoms with Crippen LogP contribution in [0.3, 0.4) is 0 Å². The third-order valence-electron chi connectivity index (χ3n) is 5.43. The van der Waals surface area contributed by atoms with Crippen LogP contribution in [-0.2, 0) is 0 Å². The van der Waals surface area contributed by atoms with E-state index in [0.717, 1.165) is 48.4 Å². The number of anilines is 1. The molecule has 0 unspecified atom stereocenters. The SMILES string of the molecule is COc1cc(-c2cnc3c(NC4CCC(O)CC4)nccn23)cc(OC)c1OC. The van der Waals surface area contributed by atoms with E-state index in [9.17, 15) is 5.11 Å². The van der Waals surface area contributed by atoms with Gasteiger partial charge >= 0.3 is 0 Å². The molecule has 1 aliphatic carbocycles. The summed E-state index contributed by atoms with van der Waals surface area (Å²) in [7, 11) is 4.79. The predicted molar refractivity (Wildman–Crippen MR) is 110 cm³/mol. The number of aliphatic hydroxyl groups is 1. The topological polar surface area (TPSA) is 90.1 Å². The zero-order valence-corrected chi connectivity index (χ0v) is 16.9. The molecule has 0 spiro atoms. The highest BCUT2D eigenvalue weighted by Gasteiger charge is 2.21. The summed E-state index contributed by atoms with van der Waals surface area (Å²) in [6, 6.07) is 4.10. The fourth-order valence-corrected chi connectivity index (χ4v) is 3.88. The summed E-state index contributed by atoms with van der Waals surface area (Å²) in [5, 5.41) is 13.2. The minimum Gasteiger partial charge on any atom is -0.493 e. The molecule has 0 saturated heterocycles. The fraction of sp³-hybridized carbons (Fsp3) is 0.429. The van der Waals surface area contributed by atoms with Gasteiger partial charge in [0.25, 0.3) is 0 Å². The maximum Gasteiger partial charge on any atom is 0.203 e. The number of aromatic nitrogens is 3. The molecule has 0 bridgehead atoms. The Hall–Kier alpha value is -3.00. The number of nitrogens with zero attached hydrogens (tertiary/aromatic N) is 3. The van der Waals surface area contributed by atoms with E-state index in [1.165, 1.54) is 0 Å². The molecule has 4 rings (SSSR count). The van der Waals surface area contributed by atoms with Gasteiger partial charge in [-0.1, -0.05) is 0 Å². The molecule has 0 aliphatic heterocycles. The van der Waals surface area contributed by atoms with Crippen molar-refractivity contribution >= 4 is 11.5 Å². The fourth-order valence-electron chi connectivity index (χ4n) is 3.88. The largest absolute Gasteiger partial charge is 0.493 e. The van der Waals surface area contributed by atoms with E-state index < -0.39 is 0 Å². The first-order valence-electron chi connectivity index (χ1n) is 9.71. The van der Waals surface area contributed by atoms with E-state index in [1.54, 1.807) is 27.5 Å². The summed E-state index contributed by atoms with van der Waals surface area (Å²) in [6.07, 6.45) is 8.74. The van der Waals surface area contributed by atoms with Gasteiger partial charge in [-0.15, -0.1) is 0 Å². The first kappa shape index (κ1) is 19.3. The molecule has 1 aromatic carbocycles. The highest BCUT2D eigenvalue weighted by atomic mass is 16.5. The standard InChI is InChI=1S/C21H26N4O4/c1-27-17-10-13(11-18(28-2)19(17)29-3)16-12-23-21-20(22-8-9-25(16)21)24-14-4-6-15(26)7-5-14/h8-12,14-15,26H,4-7H2,1-3H3,(H,22,24). The van der Waals surface area contributed by atoms with Crippen LogP contribution in [0.15, 0.2) is 30.7 Å². The molecule has 1 saturated carbocycles. The number of hydrogen-bond donors (Lipinski definition) is 2. The van der Waals surface area contributed by atoms with E-state index in [2.05, 4.69) is 15.3 Å². The molecule has 8 heteroatoms. The van der Waals surface area contributed by atoms with Crippen molar-refractivity contribution in [1.29, 1.82) is 0 Å². The van der Waals surface area contributed by atoms with Crippen molar-refractivity contribution in [3.05, 3.63) is 30.7 Å². The normalized spacial score (nSPS) is 19.2. The van der Waals surface area contributed by atoms with Crippen molar-refractivity contribution in [3.8, 4) is 28.5 Å². The third-order valence-corrected chi connectivity index (χ3v) is 5.43. The lowest BCUT2D eigenvalue weighted by atomic mass is 9.93. The van der Waals surface area contributed by atoms with E-state index >= 15 is 0 Å². The van der Waals surface area contributed by atoms with Gasteiger partial charge in [-0.05, 0) is 37.8 Å². The van der Waals surface area contributed by atoms with Crippen molar-refractivity contribution in [1.82, 2.24) is 14.4 Å². The molecule has 29 heavy (non-hydrogen) atoms. The lowest BCUT2D eigenvalue weighted by Gasteiger charge is -2.26. The van der Waals surface area contributed by atoms with Gasteiger partial charge in [0.1, 0.15) is 0 Å². The third kappa shape index (κ3) is 3.67. The highest BCUT2D eigenvalue weighted by Crippen LogP contribution is 2.41. The number of methoxy groups -OCH3 is 3. The zero-order valence-electron chi connectivity index (χ0n) is 16.9. The molecule has 154 valence electrons. The Morgan fingerprint density at radius 3 is 2.31 bits per heavy atom. The maximum atomic E-state index is 9.73. The van der Waals surface area contributed by atoms with Crippen LogP contribution in [0.2, 0.25) is 0 Å². The summed E-state index contributed by atoms with van der Waals surface area (Å²) in [5.74, 6) is 2.47. The average Bonchev–Trinajstić information content (AvgIpc) is 3.19. The Morgan fingerprint density at radius 2 is 1.69 bits per heavy atom. The summed E-state index contributed by atoms with van der Waals surface area (Å²) in [5.41, 5.74) is 2.54. The molecule has 0 amide bonds. The number of rotatable bonds is 6. The van der Waals surface area contributed by atoms with Gasteiger partial charge < -0.3 is 24.6 Å². The van der Waals surface area contributed by atoms with E-state index in [0.29, 0.717) is 23.3 Å². The van der Waals surface area contributed by atoms with Crippen LogP contribution in [0.4, 0.5) is 5.82 Å².